The van der Waals surface area contributed by atoms with Gasteiger partial charge in [-0.3, -0.25) is 9.36 Å². The van der Waals surface area contributed by atoms with Crippen molar-refractivity contribution < 1.29 is 14.3 Å². The molecule has 0 N–H and O–H groups in total. The number of hydrogen-bond donors (Lipinski definition) is 0. The summed E-state index contributed by atoms with van der Waals surface area (Å²) >= 11 is 1.33. The lowest BCUT2D eigenvalue weighted by atomic mass is 9.90. The number of carbonyl (C=O) groups excluding carboxylic acids is 1. The van der Waals surface area contributed by atoms with Gasteiger partial charge in [-0.25, -0.2) is 9.79 Å². The molecule has 0 saturated carbocycles. The van der Waals surface area contributed by atoms with Crippen LogP contribution in [0.5, 0.6) is 5.75 Å². The number of ether oxygens (including phenoxy) is 2. The smallest absolute Gasteiger partial charge is 0.338 e. The molecule has 0 radical (unpaired) electrons. The van der Waals surface area contributed by atoms with Crippen LogP contribution < -0.4 is 24.5 Å². The van der Waals surface area contributed by atoms with Crippen LogP contribution in [-0.4, -0.2) is 37.3 Å². The topological polar surface area (TPSA) is 73.1 Å². The summed E-state index contributed by atoms with van der Waals surface area (Å²) in [4.78, 5) is 35.2. The fourth-order valence-electron chi connectivity index (χ4n) is 5.89. The Bertz CT molecular complexity index is 1830. The molecule has 3 aromatic carbocycles. The standard InChI is InChI=1S/C33H33N3O4S/c1-4-40-32(38)28-21(2)34-33-36(30(28)29-25-11-7-6-10-23(25)14-17-26(29)39-3)31(37)27(41-33)20-22-12-15-24(16-13-22)35-18-8-5-9-19-35/h6-7,10-17,20,30H,4-5,8-9,18-19H2,1-3H3/b27-20+/t30-/m0/s1. The number of thiazole rings is 1. The molecule has 1 aromatic heterocycles. The number of allylic oxidation sites excluding steroid dienone is 1. The summed E-state index contributed by atoms with van der Waals surface area (Å²) in [5, 5.41) is 1.88. The third-order valence-corrected chi connectivity index (χ3v) is 8.84. The normalized spacial score (nSPS) is 17.4. The monoisotopic (exact) mass is 567 g/mol. The zero-order valence-electron chi connectivity index (χ0n) is 23.6. The lowest BCUT2D eigenvalue weighted by Gasteiger charge is -2.28. The fourth-order valence-corrected chi connectivity index (χ4v) is 6.93. The molecule has 7 nitrogen and oxygen atoms in total. The maximum atomic E-state index is 14.1. The molecular weight excluding hydrogens is 534 g/mol. The molecule has 41 heavy (non-hydrogen) atoms. The summed E-state index contributed by atoms with van der Waals surface area (Å²) in [7, 11) is 1.60. The van der Waals surface area contributed by atoms with Gasteiger partial charge < -0.3 is 14.4 Å². The molecule has 1 fully saturated rings. The predicted octanol–water partition coefficient (Wildman–Crippen LogP) is 4.95. The molecule has 3 heterocycles. The number of benzene rings is 3. The number of carbonyl (C=O) groups is 1. The Morgan fingerprint density at radius 2 is 1.80 bits per heavy atom. The second-order valence-corrected chi connectivity index (χ2v) is 11.4. The van der Waals surface area contributed by atoms with E-state index < -0.39 is 12.0 Å². The molecule has 6 rings (SSSR count). The van der Waals surface area contributed by atoms with Gasteiger partial charge in [0.2, 0.25) is 0 Å². The SMILES string of the molecule is CCOC(=O)C1=C(C)N=c2s/c(=C/c3ccc(N4CCCCC4)cc3)c(=O)n2[C@@H]1c1c(OC)ccc2ccccc12. The number of anilines is 1. The highest BCUT2D eigenvalue weighted by atomic mass is 32.1. The van der Waals surface area contributed by atoms with Crippen molar-refractivity contribution in [1.82, 2.24) is 4.57 Å². The first-order valence-electron chi connectivity index (χ1n) is 14.1. The predicted molar refractivity (Wildman–Crippen MR) is 163 cm³/mol. The maximum Gasteiger partial charge on any atom is 0.338 e. The first kappa shape index (κ1) is 27.0. The van der Waals surface area contributed by atoms with E-state index in [4.69, 9.17) is 14.5 Å². The molecule has 1 atom stereocenters. The zero-order chi connectivity index (χ0) is 28.5. The van der Waals surface area contributed by atoms with E-state index in [0.717, 1.165) is 35.0 Å². The van der Waals surface area contributed by atoms with E-state index in [-0.39, 0.29) is 12.2 Å². The van der Waals surface area contributed by atoms with Crippen LogP contribution in [-0.2, 0) is 9.53 Å². The Balaban J connectivity index is 1.53. The molecule has 4 aromatic rings. The second kappa shape index (κ2) is 11.4. The van der Waals surface area contributed by atoms with Gasteiger partial charge in [0.15, 0.2) is 4.80 Å². The molecule has 210 valence electrons. The fraction of sp³-hybridized carbons (Fsp3) is 0.303. The average Bonchev–Trinajstić information content (AvgIpc) is 3.30. The molecule has 2 aliphatic heterocycles. The number of hydrogen-bond acceptors (Lipinski definition) is 7. The summed E-state index contributed by atoms with van der Waals surface area (Å²) in [5.74, 6) is 0.101. The van der Waals surface area contributed by atoms with Gasteiger partial charge in [0, 0.05) is 24.3 Å². The second-order valence-electron chi connectivity index (χ2n) is 10.3. The third kappa shape index (κ3) is 4.97. The summed E-state index contributed by atoms with van der Waals surface area (Å²) in [6.07, 6.45) is 5.64. The Labute approximate surface area is 242 Å². The summed E-state index contributed by atoms with van der Waals surface area (Å²) < 4.78 is 13.5. The van der Waals surface area contributed by atoms with Crippen molar-refractivity contribution in [1.29, 1.82) is 0 Å². The van der Waals surface area contributed by atoms with Crippen molar-refractivity contribution >= 4 is 39.8 Å². The largest absolute Gasteiger partial charge is 0.496 e. The number of piperidine rings is 1. The molecule has 1 saturated heterocycles. The van der Waals surface area contributed by atoms with Crippen LogP contribution in [0.3, 0.4) is 0 Å². The number of rotatable bonds is 6. The van der Waals surface area contributed by atoms with Gasteiger partial charge in [0.25, 0.3) is 5.56 Å². The molecule has 2 aliphatic rings. The molecule has 0 spiro atoms. The number of methoxy groups -OCH3 is 1. The highest BCUT2D eigenvalue weighted by Crippen LogP contribution is 2.40. The van der Waals surface area contributed by atoms with Gasteiger partial charge >= 0.3 is 5.97 Å². The van der Waals surface area contributed by atoms with E-state index in [0.29, 0.717) is 26.4 Å². The van der Waals surface area contributed by atoms with E-state index in [9.17, 15) is 9.59 Å². The first-order chi connectivity index (χ1) is 20.0. The van der Waals surface area contributed by atoms with Gasteiger partial charge in [-0.15, -0.1) is 0 Å². The minimum Gasteiger partial charge on any atom is -0.496 e. The number of nitrogens with zero attached hydrogens (tertiary/aromatic N) is 3. The zero-order valence-corrected chi connectivity index (χ0v) is 24.4. The van der Waals surface area contributed by atoms with Gasteiger partial charge in [0.05, 0.1) is 29.5 Å². The van der Waals surface area contributed by atoms with Crippen LogP contribution in [0.2, 0.25) is 0 Å². The van der Waals surface area contributed by atoms with Crippen LogP contribution in [0.15, 0.2) is 81.7 Å². The Morgan fingerprint density at radius 1 is 1.05 bits per heavy atom. The lowest BCUT2D eigenvalue weighted by molar-refractivity contribution is -0.139. The highest BCUT2D eigenvalue weighted by molar-refractivity contribution is 7.07. The Morgan fingerprint density at radius 3 is 2.54 bits per heavy atom. The Hall–Kier alpha value is -4.17. The lowest BCUT2D eigenvalue weighted by Crippen LogP contribution is -2.40. The van der Waals surface area contributed by atoms with E-state index >= 15 is 0 Å². The molecule has 0 amide bonds. The van der Waals surface area contributed by atoms with Crippen LogP contribution in [0.25, 0.3) is 16.8 Å². The minimum absolute atomic E-state index is 0.205. The number of aromatic nitrogens is 1. The van der Waals surface area contributed by atoms with Gasteiger partial charge in [-0.1, -0.05) is 53.8 Å². The van der Waals surface area contributed by atoms with Crippen molar-refractivity contribution in [3.63, 3.8) is 0 Å². The van der Waals surface area contributed by atoms with Crippen molar-refractivity contribution in [2.45, 2.75) is 39.2 Å². The number of esters is 1. The summed E-state index contributed by atoms with van der Waals surface area (Å²) in [5.41, 5.74) is 3.55. The van der Waals surface area contributed by atoms with Crippen molar-refractivity contribution in [3.8, 4) is 5.75 Å². The van der Waals surface area contributed by atoms with E-state index in [1.165, 1.54) is 36.3 Å². The maximum absolute atomic E-state index is 14.1. The Kier molecular flexibility index (Phi) is 7.49. The van der Waals surface area contributed by atoms with Gasteiger partial charge in [-0.2, -0.15) is 0 Å². The number of fused-ring (bicyclic) bond motifs is 2. The van der Waals surface area contributed by atoms with Crippen LogP contribution >= 0.6 is 11.3 Å². The van der Waals surface area contributed by atoms with Gasteiger partial charge in [-0.05, 0) is 73.7 Å². The molecule has 8 heteroatoms. The average molecular weight is 568 g/mol. The van der Waals surface area contributed by atoms with E-state index in [2.05, 4.69) is 29.2 Å². The molecular formula is C33H33N3O4S. The van der Waals surface area contributed by atoms with Crippen molar-refractivity contribution in [2.24, 2.45) is 4.99 Å². The quantitative estimate of drug-likeness (QED) is 0.308. The molecule has 0 aliphatic carbocycles. The summed E-state index contributed by atoms with van der Waals surface area (Å²) in [6, 6.07) is 19.4. The highest BCUT2D eigenvalue weighted by Gasteiger charge is 2.36. The minimum atomic E-state index is -0.755. The summed E-state index contributed by atoms with van der Waals surface area (Å²) in [6.45, 7) is 5.95. The van der Waals surface area contributed by atoms with Crippen LogP contribution in [0.1, 0.15) is 50.3 Å². The van der Waals surface area contributed by atoms with Crippen molar-refractivity contribution in [2.75, 3.05) is 31.7 Å². The van der Waals surface area contributed by atoms with Gasteiger partial charge in [0.1, 0.15) is 11.8 Å². The van der Waals surface area contributed by atoms with Crippen molar-refractivity contribution in [3.05, 3.63) is 103 Å². The van der Waals surface area contributed by atoms with Crippen LogP contribution in [0, 0.1) is 0 Å². The molecule has 0 bridgehead atoms. The third-order valence-electron chi connectivity index (χ3n) is 7.85. The van der Waals surface area contributed by atoms with Crippen LogP contribution in [0.4, 0.5) is 5.69 Å². The van der Waals surface area contributed by atoms with E-state index in [1.54, 1.807) is 25.5 Å². The molecule has 0 unspecified atom stereocenters. The van der Waals surface area contributed by atoms with E-state index in [1.807, 2.05) is 42.5 Å². The first-order valence-corrected chi connectivity index (χ1v) is 14.9.